The normalized spacial score (nSPS) is 25.3. The Balaban J connectivity index is 1.71. The van der Waals surface area contributed by atoms with Crippen molar-refractivity contribution in [1.29, 1.82) is 0 Å². The molecule has 1 aliphatic rings. The number of aromatic nitrogens is 2. The summed E-state index contributed by atoms with van der Waals surface area (Å²) in [6.45, 7) is -0.580. The number of nitrogens with zero attached hydrogens (tertiary/aromatic N) is 3. The zero-order valence-corrected chi connectivity index (χ0v) is 19.7. The summed E-state index contributed by atoms with van der Waals surface area (Å²) in [6, 6.07) is 10.7. The highest BCUT2D eigenvalue weighted by molar-refractivity contribution is 7.70. The van der Waals surface area contributed by atoms with Crippen molar-refractivity contribution < 1.29 is 48.1 Å². The van der Waals surface area contributed by atoms with E-state index in [-0.39, 0.29) is 12.1 Å². The Bertz CT molecular complexity index is 1210. The van der Waals surface area contributed by atoms with Crippen LogP contribution < -0.4 is 11.2 Å². The second kappa shape index (κ2) is 10.6. The maximum absolute atomic E-state index is 12.8. The first-order valence-corrected chi connectivity index (χ1v) is 13.4. The quantitative estimate of drug-likeness (QED) is 0.204. The van der Waals surface area contributed by atoms with Gasteiger partial charge in [-0.2, -0.15) is 0 Å². The molecule has 1 aromatic carbocycles. The Morgan fingerprint density at radius 2 is 1.76 bits per heavy atom. The summed E-state index contributed by atoms with van der Waals surface area (Å²) in [5.41, 5.74) is 0.376. The molecule has 1 aromatic heterocycles. The van der Waals surface area contributed by atoms with Crippen LogP contribution in [0, 0.1) is 0 Å². The molecule has 1 aliphatic heterocycles. The fourth-order valence-corrected chi connectivity index (χ4v) is 5.76. The Morgan fingerprint density at radius 1 is 1.09 bits per heavy atom. The summed E-state index contributed by atoms with van der Waals surface area (Å²) in [6.07, 6.45) is -4.68. The van der Waals surface area contributed by atoms with Crippen LogP contribution in [0.1, 0.15) is 11.8 Å². The molecule has 16 heteroatoms. The highest BCUT2D eigenvalue weighted by atomic mass is 31.2. The number of ether oxygens (including phenoxy) is 1. The van der Waals surface area contributed by atoms with E-state index >= 15 is 0 Å². The predicted molar refractivity (Wildman–Crippen MR) is 115 cm³/mol. The molecular formula is C18H25N3O11P2. The summed E-state index contributed by atoms with van der Waals surface area (Å²) >= 11 is 0. The lowest BCUT2D eigenvalue weighted by atomic mass is 10.1. The Kier molecular flexibility index (Phi) is 8.30. The molecule has 1 fully saturated rings. The van der Waals surface area contributed by atoms with Crippen LogP contribution in [0.3, 0.4) is 0 Å². The molecule has 3 rings (SSSR count). The summed E-state index contributed by atoms with van der Waals surface area (Å²) < 4.78 is 34.9. The molecule has 2 aromatic rings. The first-order chi connectivity index (χ1) is 15.9. The molecule has 2 heterocycles. The Morgan fingerprint density at radius 3 is 2.41 bits per heavy atom. The average Bonchev–Trinajstić information content (AvgIpc) is 3.03. The molecule has 1 saturated heterocycles. The number of hydrogen-bond acceptors (Lipinski definition) is 9. The molecule has 14 nitrogen and oxygen atoms in total. The van der Waals surface area contributed by atoms with Gasteiger partial charge in [0.1, 0.15) is 24.9 Å². The zero-order chi connectivity index (χ0) is 25.1. The van der Waals surface area contributed by atoms with Gasteiger partial charge in [-0.1, -0.05) is 35.5 Å². The van der Waals surface area contributed by atoms with Crippen molar-refractivity contribution in [3.8, 4) is 0 Å². The van der Waals surface area contributed by atoms with Gasteiger partial charge in [0.2, 0.25) is 0 Å². The molecule has 0 bridgehead atoms. The summed E-state index contributed by atoms with van der Waals surface area (Å²) in [7, 11) is -8.12. The van der Waals surface area contributed by atoms with Crippen molar-refractivity contribution in [2.75, 3.05) is 12.5 Å². The molecule has 188 valence electrons. The maximum Gasteiger partial charge on any atom is 0.340 e. The largest absolute Gasteiger partial charge is 0.389 e. The van der Waals surface area contributed by atoms with Crippen molar-refractivity contribution in [1.82, 2.24) is 9.13 Å². The van der Waals surface area contributed by atoms with E-state index in [1.165, 1.54) is 19.3 Å². The predicted octanol–water partition coefficient (Wildman–Crippen LogP) is -0.824. The van der Waals surface area contributed by atoms with Crippen LogP contribution in [0.15, 0.2) is 52.5 Å². The molecule has 0 saturated carbocycles. The lowest BCUT2D eigenvalue weighted by Gasteiger charge is -2.19. The van der Waals surface area contributed by atoms with E-state index in [4.69, 9.17) is 19.4 Å². The molecule has 0 amide bonds. The highest BCUT2D eigenvalue weighted by Gasteiger charge is 2.45. The van der Waals surface area contributed by atoms with Crippen LogP contribution in [0.4, 0.5) is 0 Å². The SMILES string of the molecule is Cn1c(=O)n([C@@H]2O[C@H](COP(=O)(O)CP(=O)(O)O)[C@@H](O)[C@H]2O)cc/c1=N/OCc1ccccc1. The van der Waals surface area contributed by atoms with E-state index in [1.807, 2.05) is 30.3 Å². The van der Waals surface area contributed by atoms with Gasteiger partial charge in [-0.3, -0.25) is 18.3 Å². The number of aliphatic hydroxyl groups excluding tert-OH is 2. The standard InChI is InChI=1S/C18H25N3O11P2/c1-20-14(19-30-9-12-5-3-2-4-6-12)7-8-21(18(20)24)17-16(23)15(22)13(32-17)10-31-34(28,29)11-33(25,26)27/h2-8,13,15-17,22-23H,9-11H2,1H3,(H,28,29)(H2,25,26,27)/b19-14-/t13-,15-,16-,17-/m1/s1. The number of rotatable bonds is 9. The van der Waals surface area contributed by atoms with Gasteiger partial charge in [0.15, 0.2) is 17.6 Å². The van der Waals surface area contributed by atoms with Gasteiger partial charge in [-0.05, 0) is 5.56 Å². The summed E-state index contributed by atoms with van der Waals surface area (Å²) in [5, 5.41) is 24.5. The topological polar surface area (TPSA) is 202 Å². The molecule has 5 atom stereocenters. The zero-order valence-electron chi connectivity index (χ0n) is 17.9. The number of hydrogen-bond donors (Lipinski definition) is 5. The van der Waals surface area contributed by atoms with Crippen molar-refractivity contribution in [3.05, 3.63) is 64.1 Å². The molecule has 0 aliphatic carbocycles. The Labute approximate surface area is 193 Å². The van der Waals surface area contributed by atoms with Crippen LogP contribution in [0.25, 0.3) is 0 Å². The van der Waals surface area contributed by atoms with E-state index in [9.17, 15) is 29.0 Å². The van der Waals surface area contributed by atoms with E-state index in [0.717, 1.165) is 14.7 Å². The van der Waals surface area contributed by atoms with Gasteiger partial charge >= 0.3 is 20.9 Å². The third-order valence-corrected chi connectivity index (χ3v) is 8.34. The smallest absolute Gasteiger partial charge is 0.340 e. The minimum Gasteiger partial charge on any atom is -0.389 e. The third-order valence-electron chi connectivity index (χ3n) is 4.88. The molecule has 34 heavy (non-hydrogen) atoms. The third kappa shape index (κ3) is 6.72. The molecule has 1 unspecified atom stereocenters. The van der Waals surface area contributed by atoms with E-state index in [0.29, 0.717) is 0 Å². The molecular weight excluding hydrogens is 496 g/mol. The summed E-state index contributed by atoms with van der Waals surface area (Å²) in [5.74, 6) is -1.42. The maximum atomic E-state index is 12.8. The number of aliphatic hydroxyl groups is 2. The second-order valence-corrected chi connectivity index (χ2v) is 11.6. The molecule has 5 N–H and O–H groups in total. The van der Waals surface area contributed by atoms with Crippen molar-refractivity contribution in [2.45, 2.75) is 31.1 Å². The van der Waals surface area contributed by atoms with E-state index in [1.54, 1.807) is 0 Å². The van der Waals surface area contributed by atoms with Crippen molar-refractivity contribution >= 4 is 15.2 Å². The van der Waals surface area contributed by atoms with Crippen molar-refractivity contribution in [2.24, 2.45) is 12.2 Å². The van der Waals surface area contributed by atoms with Gasteiger partial charge < -0.3 is 39.0 Å². The molecule has 0 spiro atoms. The minimum atomic E-state index is -4.84. The van der Waals surface area contributed by atoms with Crippen LogP contribution in [0.5, 0.6) is 0 Å². The van der Waals surface area contributed by atoms with Crippen molar-refractivity contribution in [3.63, 3.8) is 0 Å². The van der Waals surface area contributed by atoms with Gasteiger partial charge in [0.25, 0.3) is 0 Å². The minimum absolute atomic E-state index is 0.170. The lowest BCUT2D eigenvalue weighted by molar-refractivity contribution is -0.0530. The second-order valence-electron chi connectivity index (χ2n) is 7.56. The monoisotopic (exact) mass is 521 g/mol. The van der Waals surface area contributed by atoms with Gasteiger partial charge in [0.05, 0.1) is 6.61 Å². The van der Waals surface area contributed by atoms with Gasteiger partial charge in [-0.15, -0.1) is 0 Å². The molecule has 0 radical (unpaired) electrons. The first kappa shape index (κ1) is 26.5. The summed E-state index contributed by atoms with van der Waals surface area (Å²) in [4.78, 5) is 45.3. The van der Waals surface area contributed by atoms with Gasteiger partial charge in [0, 0.05) is 19.3 Å². The Hall–Kier alpha value is -2.12. The lowest BCUT2D eigenvalue weighted by Crippen LogP contribution is -2.42. The van der Waals surface area contributed by atoms with Crippen LogP contribution >= 0.6 is 15.2 Å². The van der Waals surface area contributed by atoms with Gasteiger partial charge in [-0.25, -0.2) is 4.79 Å². The number of benzene rings is 1. The first-order valence-electron chi connectivity index (χ1n) is 9.88. The highest BCUT2D eigenvalue weighted by Crippen LogP contribution is 2.55. The average molecular weight is 521 g/mol. The van der Waals surface area contributed by atoms with Crippen LogP contribution in [0.2, 0.25) is 0 Å². The van der Waals surface area contributed by atoms with Crippen LogP contribution in [-0.4, -0.2) is 64.8 Å². The fourth-order valence-electron chi connectivity index (χ4n) is 3.19. The van der Waals surface area contributed by atoms with E-state index in [2.05, 4.69) is 9.68 Å². The fraction of sp³-hybridized carbons (Fsp3) is 0.444. The van der Waals surface area contributed by atoms with Crippen LogP contribution in [-0.2, 0) is 36.9 Å². The van der Waals surface area contributed by atoms with E-state index < -0.39 is 57.9 Å².